The minimum Gasteiger partial charge on any atom is -0.365 e. The van der Waals surface area contributed by atoms with E-state index in [0.717, 1.165) is 33.5 Å². The van der Waals surface area contributed by atoms with E-state index in [9.17, 15) is 4.39 Å². The molecular formula is C23H22FN. The molecule has 0 bridgehead atoms. The molecule has 1 N–H and O–H groups in total. The van der Waals surface area contributed by atoms with Gasteiger partial charge in [-0.3, -0.25) is 0 Å². The third-order valence-electron chi connectivity index (χ3n) is 3.81. The van der Waals surface area contributed by atoms with Crippen LogP contribution in [0.4, 0.5) is 4.39 Å². The van der Waals surface area contributed by atoms with Crippen molar-refractivity contribution in [2.24, 2.45) is 0 Å². The molecule has 126 valence electrons. The van der Waals surface area contributed by atoms with Gasteiger partial charge in [-0.05, 0) is 41.3 Å². The van der Waals surface area contributed by atoms with Crippen LogP contribution in [0.3, 0.4) is 0 Å². The highest BCUT2D eigenvalue weighted by Crippen LogP contribution is 2.20. The van der Waals surface area contributed by atoms with Crippen LogP contribution in [0.1, 0.15) is 23.6 Å². The smallest absolute Gasteiger partial charge is 0.0872 e. The minimum atomic E-state index is 0.538. The number of hydrogen-bond acceptors (Lipinski definition) is 1. The Morgan fingerprint density at radius 1 is 1.00 bits per heavy atom. The Morgan fingerprint density at radius 3 is 2.28 bits per heavy atom. The molecule has 0 radical (unpaired) electrons. The van der Waals surface area contributed by atoms with E-state index in [1.54, 1.807) is 0 Å². The van der Waals surface area contributed by atoms with Gasteiger partial charge in [0.05, 0.1) is 6.33 Å². The van der Waals surface area contributed by atoms with Crippen LogP contribution in [0.5, 0.6) is 0 Å². The highest BCUT2D eigenvalue weighted by molar-refractivity contribution is 5.76. The third kappa shape index (κ3) is 5.18. The second-order valence-corrected chi connectivity index (χ2v) is 5.53. The Balaban J connectivity index is 2.12. The van der Waals surface area contributed by atoms with Crippen molar-refractivity contribution in [3.8, 4) is 0 Å². The molecule has 0 aromatic heterocycles. The quantitative estimate of drug-likeness (QED) is 0.582. The molecule has 0 aliphatic rings. The van der Waals surface area contributed by atoms with E-state index in [1.807, 2.05) is 79.9 Å². The van der Waals surface area contributed by atoms with Gasteiger partial charge < -0.3 is 5.32 Å². The van der Waals surface area contributed by atoms with Crippen molar-refractivity contribution >= 4 is 17.2 Å². The summed E-state index contributed by atoms with van der Waals surface area (Å²) in [6.07, 6.45) is 7.58. The maximum Gasteiger partial charge on any atom is 0.0872 e. The minimum absolute atomic E-state index is 0.538. The molecule has 0 spiro atoms. The Bertz CT molecular complexity index is 809. The Hall–Kier alpha value is -3.13. The summed E-state index contributed by atoms with van der Waals surface area (Å²) in [6.45, 7) is 9.95. The lowest BCUT2D eigenvalue weighted by molar-refractivity contribution is 0.727. The molecule has 2 rings (SSSR count). The van der Waals surface area contributed by atoms with Gasteiger partial charge in [0.15, 0.2) is 0 Å². The van der Waals surface area contributed by atoms with E-state index >= 15 is 0 Å². The molecule has 0 heterocycles. The van der Waals surface area contributed by atoms with Gasteiger partial charge in [0.2, 0.25) is 0 Å². The highest BCUT2D eigenvalue weighted by Gasteiger charge is 2.02. The third-order valence-corrected chi connectivity index (χ3v) is 3.81. The fraction of sp³-hybridized carbons (Fsp3) is 0.0435. The van der Waals surface area contributed by atoms with Crippen LogP contribution in [0.25, 0.3) is 17.2 Å². The van der Waals surface area contributed by atoms with Crippen molar-refractivity contribution in [3.63, 3.8) is 0 Å². The summed E-state index contributed by atoms with van der Waals surface area (Å²) >= 11 is 0. The highest BCUT2D eigenvalue weighted by atomic mass is 19.1. The summed E-state index contributed by atoms with van der Waals surface area (Å²) in [5.41, 5.74) is 5.82. The van der Waals surface area contributed by atoms with Gasteiger partial charge >= 0.3 is 0 Å². The van der Waals surface area contributed by atoms with Crippen molar-refractivity contribution in [1.29, 1.82) is 0 Å². The van der Waals surface area contributed by atoms with E-state index < -0.39 is 0 Å². The van der Waals surface area contributed by atoms with Gasteiger partial charge in [0.1, 0.15) is 0 Å². The fourth-order valence-corrected chi connectivity index (χ4v) is 2.43. The van der Waals surface area contributed by atoms with E-state index in [4.69, 9.17) is 0 Å². The summed E-state index contributed by atoms with van der Waals surface area (Å²) in [5, 5.41) is 3.27. The monoisotopic (exact) mass is 331 g/mol. The van der Waals surface area contributed by atoms with Crippen LogP contribution in [0.2, 0.25) is 0 Å². The summed E-state index contributed by atoms with van der Waals surface area (Å²) in [4.78, 5) is 0. The summed E-state index contributed by atoms with van der Waals surface area (Å²) in [7, 11) is 0. The lowest BCUT2D eigenvalue weighted by Crippen LogP contribution is -2.04. The lowest BCUT2D eigenvalue weighted by atomic mass is 10.0. The Kier molecular flexibility index (Phi) is 6.73. The van der Waals surface area contributed by atoms with Gasteiger partial charge in [-0.15, -0.1) is 0 Å². The average Bonchev–Trinajstić information content (AvgIpc) is 2.64. The predicted molar refractivity (Wildman–Crippen MR) is 107 cm³/mol. The van der Waals surface area contributed by atoms with Gasteiger partial charge in [0.25, 0.3) is 0 Å². The molecule has 0 saturated carbocycles. The van der Waals surface area contributed by atoms with Crippen LogP contribution in [-0.2, 0) is 0 Å². The average molecular weight is 331 g/mol. The molecule has 0 atom stereocenters. The summed E-state index contributed by atoms with van der Waals surface area (Å²) in [5.74, 6) is 0. The molecule has 0 unspecified atom stereocenters. The van der Waals surface area contributed by atoms with Gasteiger partial charge in [-0.25, -0.2) is 4.39 Å². The number of hydrogen-bond donors (Lipinski definition) is 1. The molecule has 0 aliphatic carbocycles. The van der Waals surface area contributed by atoms with Crippen molar-refractivity contribution in [3.05, 3.63) is 115 Å². The molecule has 0 aliphatic heterocycles. The van der Waals surface area contributed by atoms with Crippen molar-refractivity contribution < 1.29 is 4.39 Å². The van der Waals surface area contributed by atoms with Gasteiger partial charge in [-0.1, -0.05) is 73.8 Å². The topological polar surface area (TPSA) is 12.0 Å². The first-order chi connectivity index (χ1) is 12.2. The summed E-state index contributed by atoms with van der Waals surface area (Å²) < 4.78 is 12.2. The maximum atomic E-state index is 12.2. The maximum absolute atomic E-state index is 12.2. The van der Waals surface area contributed by atoms with Crippen LogP contribution < -0.4 is 5.32 Å². The van der Waals surface area contributed by atoms with E-state index in [0.29, 0.717) is 6.33 Å². The zero-order chi connectivity index (χ0) is 18.1. The van der Waals surface area contributed by atoms with Gasteiger partial charge in [0, 0.05) is 17.5 Å². The number of rotatable bonds is 7. The molecule has 0 fully saturated rings. The Labute approximate surface area is 149 Å². The van der Waals surface area contributed by atoms with Crippen LogP contribution in [0, 0.1) is 0 Å². The molecule has 0 saturated heterocycles. The normalized spacial score (nSPS) is 12.2. The number of nitrogens with one attached hydrogen (secondary N) is 1. The number of allylic oxidation sites excluding steroid dienone is 5. The summed E-state index contributed by atoms with van der Waals surface area (Å²) in [6, 6.07) is 17.7. The second-order valence-electron chi connectivity index (χ2n) is 5.53. The zero-order valence-electron chi connectivity index (χ0n) is 14.4. The molecule has 2 heteroatoms. The zero-order valence-corrected chi connectivity index (χ0v) is 14.4. The molecular weight excluding hydrogens is 309 g/mol. The van der Waals surface area contributed by atoms with Crippen molar-refractivity contribution in [2.75, 3.05) is 0 Å². The first-order valence-electron chi connectivity index (χ1n) is 8.03. The first-order valence-corrected chi connectivity index (χ1v) is 8.03. The Morgan fingerprint density at radius 2 is 1.68 bits per heavy atom. The molecule has 2 aromatic rings. The lowest BCUT2D eigenvalue weighted by Gasteiger charge is -2.09. The van der Waals surface area contributed by atoms with E-state index in [1.165, 1.54) is 6.08 Å². The van der Waals surface area contributed by atoms with Crippen LogP contribution >= 0.6 is 0 Å². The molecule has 25 heavy (non-hydrogen) atoms. The van der Waals surface area contributed by atoms with Gasteiger partial charge in [-0.2, -0.15) is 0 Å². The molecule has 2 aromatic carbocycles. The van der Waals surface area contributed by atoms with E-state index in [2.05, 4.69) is 18.5 Å². The molecule has 0 amide bonds. The van der Waals surface area contributed by atoms with Crippen molar-refractivity contribution in [2.45, 2.75) is 6.92 Å². The fourth-order valence-electron chi connectivity index (χ4n) is 2.43. The largest absolute Gasteiger partial charge is 0.365 e. The van der Waals surface area contributed by atoms with Crippen LogP contribution in [-0.4, -0.2) is 0 Å². The molecule has 1 nitrogen and oxygen atoms in total. The van der Waals surface area contributed by atoms with Crippen LogP contribution in [0.15, 0.2) is 98.1 Å². The first kappa shape index (κ1) is 18.2. The predicted octanol–water partition coefficient (Wildman–Crippen LogP) is 6.36. The second kappa shape index (κ2) is 9.24. The standard InChI is InChI=1S/C23H22FN/c1-4-23(22-12-10-20(11-13-22)14-16-24)19(3)25-17-15-18(2)21-8-6-5-7-9-21/h4-17,25H,1-2H2,3H3/b16-14-,17-15+,23-19+. The number of halogens is 1. The van der Waals surface area contributed by atoms with Crippen molar-refractivity contribution in [1.82, 2.24) is 5.32 Å². The SMILES string of the molecule is C=C/C(=C(/C)N/C=C/C(=C)c1ccccc1)c1ccc(/C=C\F)cc1. The van der Waals surface area contributed by atoms with E-state index in [-0.39, 0.29) is 0 Å². The number of benzene rings is 2.